The SMILES string of the molecule is CCCNc1nc(Cc2ccccc2Cl)nc(CC)c1I. The molecule has 2 rings (SSSR count). The van der Waals surface area contributed by atoms with Crippen LogP contribution >= 0.6 is 34.2 Å². The van der Waals surface area contributed by atoms with Crippen LogP contribution in [0.4, 0.5) is 5.82 Å². The highest BCUT2D eigenvalue weighted by atomic mass is 127. The van der Waals surface area contributed by atoms with Gasteiger partial charge in [-0.1, -0.05) is 43.6 Å². The molecular weight excluding hydrogens is 397 g/mol. The number of rotatable bonds is 6. The number of nitrogens with one attached hydrogen (secondary N) is 1. The maximum Gasteiger partial charge on any atom is 0.143 e. The lowest BCUT2D eigenvalue weighted by Crippen LogP contribution is -2.10. The maximum absolute atomic E-state index is 6.23. The van der Waals surface area contributed by atoms with Gasteiger partial charge < -0.3 is 5.32 Å². The molecule has 2 aromatic rings. The van der Waals surface area contributed by atoms with E-state index in [0.717, 1.165) is 50.9 Å². The van der Waals surface area contributed by atoms with Gasteiger partial charge >= 0.3 is 0 Å². The van der Waals surface area contributed by atoms with Crippen LogP contribution in [0.15, 0.2) is 24.3 Å². The largest absolute Gasteiger partial charge is 0.369 e. The van der Waals surface area contributed by atoms with Crippen LogP contribution in [-0.4, -0.2) is 16.5 Å². The predicted molar refractivity (Wildman–Crippen MR) is 97.2 cm³/mol. The summed E-state index contributed by atoms with van der Waals surface area (Å²) < 4.78 is 1.12. The molecule has 0 unspecified atom stereocenters. The second kappa shape index (κ2) is 7.94. The van der Waals surface area contributed by atoms with E-state index in [1.54, 1.807) is 0 Å². The van der Waals surface area contributed by atoms with Crippen LogP contribution in [0.5, 0.6) is 0 Å². The van der Waals surface area contributed by atoms with Crippen LogP contribution in [0.1, 0.15) is 37.4 Å². The lowest BCUT2D eigenvalue weighted by molar-refractivity contribution is 0.882. The predicted octanol–water partition coefficient (Wildman–Crippen LogP) is 4.71. The van der Waals surface area contributed by atoms with Crippen LogP contribution in [0, 0.1) is 3.57 Å². The summed E-state index contributed by atoms with van der Waals surface area (Å²) in [5, 5.41) is 4.15. The third-order valence-corrected chi connectivity index (χ3v) is 4.65. The van der Waals surface area contributed by atoms with Crippen LogP contribution in [0.3, 0.4) is 0 Å². The minimum Gasteiger partial charge on any atom is -0.369 e. The molecule has 0 bridgehead atoms. The van der Waals surface area contributed by atoms with Crippen molar-refractivity contribution in [3.63, 3.8) is 0 Å². The number of halogens is 2. The van der Waals surface area contributed by atoms with Gasteiger partial charge in [0.2, 0.25) is 0 Å². The summed E-state index contributed by atoms with van der Waals surface area (Å²) in [7, 11) is 0. The molecule has 0 fully saturated rings. The number of hydrogen-bond acceptors (Lipinski definition) is 3. The first-order valence-electron chi connectivity index (χ1n) is 7.18. The number of benzene rings is 1. The number of anilines is 1. The van der Waals surface area contributed by atoms with Gasteiger partial charge in [0.05, 0.1) is 9.26 Å². The van der Waals surface area contributed by atoms with Crippen molar-refractivity contribution in [2.24, 2.45) is 0 Å². The van der Waals surface area contributed by atoms with Gasteiger partial charge in [0, 0.05) is 18.0 Å². The Morgan fingerprint density at radius 1 is 1.19 bits per heavy atom. The molecular formula is C16H19ClIN3. The molecule has 0 saturated carbocycles. The van der Waals surface area contributed by atoms with Crippen molar-refractivity contribution in [1.82, 2.24) is 9.97 Å². The summed E-state index contributed by atoms with van der Waals surface area (Å²) in [5.74, 6) is 1.75. The highest BCUT2D eigenvalue weighted by molar-refractivity contribution is 14.1. The normalized spacial score (nSPS) is 10.7. The lowest BCUT2D eigenvalue weighted by atomic mass is 10.1. The molecule has 1 aromatic carbocycles. The molecule has 0 saturated heterocycles. The van der Waals surface area contributed by atoms with Crippen molar-refractivity contribution in [1.29, 1.82) is 0 Å². The van der Waals surface area contributed by atoms with Gasteiger partial charge in [-0.3, -0.25) is 0 Å². The molecule has 112 valence electrons. The van der Waals surface area contributed by atoms with Crippen molar-refractivity contribution in [2.45, 2.75) is 33.1 Å². The fourth-order valence-electron chi connectivity index (χ4n) is 2.03. The third kappa shape index (κ3) is 4.30. The summed E-state index contributed by atoms with van der Waals surface area (Å²) in [4.78, 5) is 9.35. The van der Waals surface area contributed by atoms with Crippen molar-refractivity contribution in [3.8, 4) is 0 Å². The minimum absolute atomic E-state index is 0.657. The van der Waals surface area contributed by atoms with E-state index in [1.165, 1.54) is 0 Å². The topological polar surface area (TPSA) is 37.8 Å². The lowest BCUT2D eigenvalue weighted by Gasteiger charge is -2.12. The fraction of sp³-hybridized carbons (Fsp3) is 0.375. The molecule has 1 heterocycles. The fourth-order valence-corrected chi connectivity index (χ4v) is 3.05. The van der Waals surface area contributed by atoms with Gasteiger partial charge in [-0.2, -0.15) is 0 Å². The zero-order valence-corrected chi connectivity index (χ0v) is 15.2. The molecule has 1 aromatic heterocycles. The van der Waals surface area contributed by atoms with Crippen LogP contribution in [0.25, 0.3) is 0 Å². The van der Waals surface area contributed by atoms with Gasteiger partial charge in [-0.25, -0.2) is 9.97 Å². The quantitative estimate of drug-likeness (QED) is 0.694. The van der Waals surface area contributed by atoms with E-state index >= 15 is 0 Å². The molecule has 0 aliphatic carbocycles. The van der Waals surface area contributed by atoms with Gasteiger partial charge in [-0.15, -0.1) is 0 Å². The Morgan fingerprint density at radius 2 is 1.95 bits per heavy atom. The molecule has 0 aliphatic heterocycles. The molecule has 0 spiro atoms. The van der Waals surface area contributed by atoms with E-state index in [1.807, 2.05) is 24.3 Å². The Hall–Kier alpha value is -0.880. The second-order valence-electron chi connectivity index (χ2n) is 4.80. The van der Waals surface area contributed by atoms with E-state index < -0.39 is 0 Å². The Kier molecular flexibility index (Phi) is 6.23. The van der Waals surface area contributed by atoms with Crippen molar-refractivity contribution >= 4 is 40.0 Å². The van der Waals surface area contributed by atoms with Crippen LogP contribution < -0.4 is 5.32 Å². The van der Waals surface area contributed by atoms with E-state index in [9.17, 15) is 0 Å². The Balaban J connectivity index is 2.33. The van der Waals surface area contributed by atoms with Gasteiger partial charge in [0.1, 0.15) is 11.6 Å². The zero-order valence-electron chi connectivity index (χ0n) is 12.3. The average molecular weight is 416 g/mol. The summed E-state index contributed by atoms with van der Waals surface area (Å²) in [5.41, 5.74) is 2.15. The maximum atomic E-state index is 6.23. The minimum atomic E-state index is 0.657. The molecule has 0 radical (unpaired) electrons. The van der Waals surface area contributed by atoms with E-state index in [-0.39, 0.29) is 0 Å². The monoisotopic (exact) mass is 415 g/mol. The zero-order chi connectivity index (χ0) is 15.2. The van der Waals surface area contributed by atoms with Gasteiger partial charge in [-0.05, 0) is 47.1 Å². The number of hydrogen-bond donors (Lipinski definition) is 1. The molecule has 0 atom stereocenters. The van der Waals surface area contributed by atoms with Gasteiger partial charge in [0.25, 0.3) is 0 Å². The molecule has 21 heavy (non-hydrogen) atoms. The second-order valence-corrected chi connectivity index (χ2v) is 6.28. The standard InChI is InChI=1S/C16H19ClIN3/c1-3-9-19-16-15(18)13(4-2)20-14(21-16)10-11-7-5-6-8-12(11)17/h5-8H,3-4,9-10H2,1-2H3,(H,19,20,21). The van der Waals surface area contributed by atoms with Crippen molar-refractivity contribution in [2.75, 3.05) is 11.9 Å². The summed E-state index contributed by atoms with van der Waals surface area (Å²) in [6, 6.07) is 7.85. The summed E-state index contributed by atoms with van der Waals surface area (Å²) >= 11 is 8.55. The molecule has 3 nitrogen and oxygen atoms in total. The third-order valence-electron chi connectivity index (χ3n) is 3.15. The Labute approximate surface area is 144 Å². The highest BCUT2D eigenvalue weighted by Crippen LogP contribution is 2.23. The number of nitrogens with zero attached hydrogens (tertiary/aromatic N) is 2. The smallest absolute Gasteiger partial charge is 0.143 e. The van der Waals surface area contributed by atoms with E-state index in [2.05, 4.69) is 51.7 Å². The van der Waals surface area contributed by atoms with E-state index in [4.69, 9.17) is 11.6 Å². The Bertz CT molecular complexity index is 616. The van der Waals surface area contributed by atoms with Crippen molar-refractivity contribution in [3.05, 3.63) is 49.9 Å². The highest BCUT2D eigenvalue weighted by Gasteiger charge is 2.12. The Morgan fingerprint density at radius 3 is 2.62 bits per heavy atom. The molecule has 0 aliphatic rings. The number of aromatic nitrogens is 2. The first-order valence-corrected chi connectivity index (χ1v) is 8.63. The number of aryl methyl sites for hydroxylation is 1. The van der Waals surface area contributed by atoms with Crippen LogP contribution in [-0.2, 0) is 12.8 Å². The van der Waals surface area contributed by atoms with Crippen molar-refractivity contribution < 1.29 is 0 Å². The summed E-state index contributed by atoms with van der Waals surface area (Å²) in [6.07, 6.45) is 2.63. The first-order chi connectivity index (χ1) is 10.2. The average Bonchev–Trinajstić information content (AvgIpc) is 2.49. The molecule has 0 amide bonds. The molecule has 1 N–H and O–H groups in total. The molecule has 5 heteroatoms. The van der Waals surface area contributed by atoms with E-state index in [0.29, 0.717) is 6.42 Å². The van der Waals surface area contributed by atoms with Crippen LogP contribution in [0.2, 0.25) is 5.02 Å². The first kappa shape index (κ1) is 16.5. The van der Waals surface area contributed by atoms with Gasteiger partial charge in [0.15, 0.2) is 0 Å². The summed E-state index contributed by atoms with van der Waals surface area (Å²) in [6.45, 7) is 5.18.